The smallest absolute Gasteiger partial charge is 0.263 e. The molecule has 3 N–H and O–H groups in total. The minimum absolute atomic E-state index is 0.106. The number of carbonyl (C=O) groups is 1. The van der Waals surface area contributed by atoms with Crippen LogP contribution in [0.15, 0.2) is 18.2 Å². The van der Waals surface area contributed by atoms with Gasteiger partial charge in [-0.3, -0.25) is 4.79 Å². The van der Waals surface area contributed by atoms with Gasteiger partial charge in [0.25, 0.3) is 5.91 Å². The second-order valence-electron chi connectivity index (χ2n) is 5.67. The zero-order chi connectivity index (χ0) is 14.6. The van der Waals surface area contributed by atoms with Crippen LogP contribution in [0.25, 0.3) is 10.1 Å². The second kappa shape index (κ2) is 4.87. The van der Waals surface area contributed by atoms with Gasteiger partial charge in [-0.05, 0) is 37.5 Å². The standard InChI is InChI=1S/C15H15ClN2O2S/c16-7-1-4-12-9(5-7)13(17)14(21-12)15(19)18-10-6-8-2-3-11(10)20-8/h1,4-5,8,10-11H,2-3,6,17H2,(H,18,19). The Morgan fingerprint density at radius 1 is 1.43 bits per heavy atom. The zero-order valence-electron chi connectivity index (χ0n) is 11.3. The number of hydrogen-bond donors (Lipinski definition) is 2. The lowest BCUT2D eigenvalue weighted by Crippen LogP contribution is -2.41. The van der Waals surface area contributed by atoms with Crippen LogP contribution in [0.1, 0.15) is 28.9 Å². The highest BCUT2D eigenvalue weighted by molar-refractivity contribution is 7.21. The van der Waals surface area contributed by atoms with Gasteiger partial charge in [-0.1, -0.05) is 11.6 Å². The van der Waals surface area contributed by atoms with E-state index < -0.39 is 0 Å². The zero-order valence-corrected chi connectivity index (χ0v) is 12.8. The maximum absolute atomic E-state index is 12.5. The number of ether oxygens (including phenoxy) is 1. The van der Waals surface area contributed by atoms with Gasteiger partial charge >= 0.3 is 0 Å². The Kier molecular flexibility index (Phi) is 3.10. The summed E-state index contributed by atoms with van der Waals surface area (Å²) in [6.45, 7) is 0. The normalized spacial score (nSPS) is 27.4. The maximum atomic E-state index is 12.5. The summed E-state index contributed by atoms with van der Waals surface area (Å²) in [5, 5.41) is 4.55. The molecule has 3 unspecified atom stereocenters. The fourth-order valence-electron chi connectivity index (χ4n) is 3.28. The molecule has 0 spiro atoms. The average molecular weight is 323 g/mol. The van der Waals surface area contributed by atoms with E-state index in [1.165, 1.54) is 11.3 Å². The third kappa shape index (κ3) is 2.20. The van der Waals surface area contributed by atoms with Gasteiger partial charge in [-0.2, -0.15) is 0 Å². The van der Waals surface area contributed by atoms with Gasteiger partial charge in [0.05, 0.1) is 23.9 Å². The molecule has 2 saturated heterocycles. The van der Waals surface area contributed by atoms with E-state index in [2.05, 4.69) is 5.32 Å². The Bertz CT molecular complexity index is 730. The minimum atomic E-state index is -0.106. The predicted molar refractivity (Wildman–Crippen MR) is 85.0 cm³/mol. The quantitative estimate of drug-likeness (QED) is 0.892. The summed E-state index contributed by atoms with van der Waals surface area (Å²) in [6.07, 6.45) is 3.55. The topological polar surface area (TPSA) is 64.4 Å². The number of nitrogens with one attached hydrogen (secondary N) is 1. The lowest BCUT2D eigenvalue weighted by Gasteiger charge is -2.19. The van der Waals surface area contributed by atoms with E-state index >= 15 is 0 Å². The van der Waals surface area contributed by atoms with Crippen molar-refractivity contribution in [1.82, 2.24) is 5.32 Å². The van der Waals surface area contributed by atoms with Crippen LogP contribution in [0, 0.1) is 0 Å². The number of carbonyl (C=O) groups excluding carboxylic acids is 1. The molecule has 1 amide bonds. The summed E-state index contributed by atoms with van der Waals surface area (Å²) >= 11 is 7.40. The first-order valence-corrected chi connectivity index (χ1v) is 8.25. The molecule has 2 aromatic rings. The van der Waals surface area contributed by atoms with Crippen LogP contribution >= 0.6 is 22.9 Å². The highest BCUT2D eigenvalue weighted by Crippen LogP contribution is 2.37. The number of hydrogen-bond acceptors (Lipinski definition) is 4. The molecule has 2 fully saturated rings. The van der Waals surface area contributed by atoms with Crippen molar-refractivity contribution in [3.63, 3.8) is 0 Å². The molecule has 0 radical (unpaired) electrons. The molecule has 2 bridgehead atoms. The highest BCUT2D eigenvalue weighted by atomic mass is 35.5. The van der Waals surface area contributed by atoms with E-state index in [1.807, 2.05) is 12.1 Å². The highest BCUT2D eigenvalue weighted by Gasteiger charge is 2.41. The number of anilines is 1. The molecule has 2 aliphatic rings. The fourth-order valence-corrected chi connectivity index (χ4v) is 4.46. The van der Waals surface area contributed by atoms with Crippen molar-refractivity contribution in [2.45, 2.75) is 37.5 Å². The van der Waals surface area contributed by atoms with Crippen LogP contribution in [-0.2, 0) is 4.74 Å². The summed E-state index contributed by atoms with van der Waals surface area (Å²) < 4.78 is 6.74. The van der Waals surface area contributed by atoms with Crippen LogP contribution in [0.3, 0.4) is 0 Å². The Hall–Kier alpha value is -1.30. The third-order valence-corrected chi connectivity index (χ3v) is 5.74. The van der Waals surface area contributed by atoms with Crippen LogP contribution in [-0.4, -0.2) is 24.2 Å². The van der Waals surface area contributed by atoms with Crippen molar-refractivity contribution in [1.29, 1.82) is 0 Å². The summed E-state index contributed by atoms with van der Waals surface area (Å²) in [6, 6.07) is 5.63. The number of fused-ring (bicyclic) bond motifs is 3. The van der Waals surface area contributed by atoms with Crippen LogP contribution in [0.2, 0.25) is 5.02 Å². The first-order chi connectivity index (χ1) is 10.1. The van der Waals surface area contributed by atoms with E-state index in [1.54, 1.807) is 6.07 Å². The Morgan fingerprint density at radius 3 is 3.00 bits per heavy atom. The molecule has 0 saturated carbocycles. The molecular weight excluding hydrogens is 308 g/mol. The molecule has 3 heterocycles. The van der Waals surface area contributed by atoms with E-state index in [4.69, 9.17) is 22.1 Å². The number of nitrogen functional groups attached to an aromatic ring is 1. The van der Waals surface area contributed by atoms with Crippen LogP contribution < -0.4 is 11.1 Å². The first-order valence-electron chi connectivity index (χ1n) is 7.05. The molecule has 4 nitrogen and oxygen atoms in total. The monoisotopic (exact) mass is 322 g/mol. The van der Waals surface area contributed by atoms with E-state index in [-0.39, 0.29) is 18.1 Å². The molecular formula is C15H15ClN2O2S. The van der Waals surface area contributed by atoms with Gasteiger partial charge in [0.15, 0.2) is 0 Å². The molecule has 3 atom stereocenters. The van der Waals surface area contributed by atoms with Gasteiger partial charge in [0, 0.05) is 15.1 Å². The molecule has 21 heavy (non-hydrogen) atoms. The first kappa shape index (κ1) is 13.4. The molecule has 0 aliphatic carbocycles. The molecule has 6 heteroatoms. The van der Waals surface area contributed by atoms with Crippen molar-refractivity contribution >= 4 is 44.6 Å². The lowest BCUT2D eigenvalue weighted by molar-refractivity contribution is 0.0844. The third-order valence-electron chi connectivity index (χ3n) is 4.32. The fraction of sp³-hybridized carbons (Fsp3) is 0.400. The average Bonchev–Trinajstić information content (AvgIpc) is 3.14. The van der Waals surface area contributed by atoms with Gasteiger partial charge in [-0.25, -0.2) is 0 Å². The van der Waals surface area contributed by atoms with E-state index in [0.29, 0.717) is 21.7 Å². The molecule has 4 rings (SSSR count). The maximum Gasteiger partial charge on any atom is 0.263 e. The van der Waals surface area contributed by atoms with Crippen LogP contribution in [0.4, 0.5) is 5.69 Å². The Balaban J connectivity index is 1.61. The van der Waals surface area contributed by atoms with Gasteiger partial charge in [0.1, 0.15) is 4.88 Å². The Labute approximate surface area is 131 Å². The largest absolute Gasteiger partial charge is 0.397 e. The second-order valence-corrected chi connectivity index (χ2v) is 7.16. The van der Waals surface area contributed by atoms with Crippen molar-refractivity contribution in [3.8, 4) is 0 Å². The summed E-state index contributed by atoms with van der Waals surface area (Å²) in [5.41, 5.74) is 6.63. The molecule has 1 aromatic heterocycles. The van der Waals surface area contributed by atoms with Crippen molar-refractivity contribution in [2.75, 3.05) is 5.73 Å². The van der Waals surface area contributed by atoms with E-state index in [0.717, 1.165) is 29.3 Å². The van der Waals surface area contributed by atoms with Crippen molar-refractivity contribution < 1.29 is 9.53 Å². The van der Waals surface area contributed by atoms with Crippen LogP contribution in [0.5, 0.6) is 0 Å². The lowest BCUT2D eigenvalue weighted by atomic mass is 9.95. The minimum Gasteiger partial charge on any atom is -0.397 e. The summed E-state index contributed by atoms with van der Waals surface area (Å²) in [5.74, 6) is -0.106. The number of benzene rings is 1. The number of amides is 1. The SMILES string of the molecule is Nc1c(C(=O)NC2CC3CCC2O3)sc2ccc(Cl)cc12. The number of rotatable bonds is 2. The van der Waals surface area contributed by atoms with E-state index in [9.17, 15) is 4.79 Å². The number of halogens is 1. The predicted octanol–water partition coefficient (Wildman–Crippen LogP) is 3.19. The molecule has 1 aromatic carbocycles. The molecule has 110 valence electrons. The van der Waals surface area contributed by atoms with Gasteiger partial charge < -0.3 is 15.8 Å². The summed E-state index contributed by atoms with van der Waals surface area (Å²) in [4.78, 5) is 13.0. The number of thiophene rings is 1. The van der Waals surface area contributed by atoms with Gasteiger partial charge in [0.2, 0.25) is 0 Å². The summed E-state index contributed by atoms with van der Waals surface area (Å²) in [7, 11) is 0. The Morgan fingerprint density at radius 2 is 2.29 bits per heavy atom. The molecule has 2 aliphatic heterocycles. The van der Waals surface area contributed by atoms with Gasteiger partial charge in [-0.15, -0.1) is 11.3 Å². The number of nitrogens with two attached hydrogens (primary N) is 1. The van der Waals surface area contributed by atoms with Crippen molar-refractivity contribution in [3.05, 3.63) is 28.1 Å². The van der Waals surface area contributed by atoms with Crippen molar-refractivity contribution in [2.24, 2.45) is 0 Å².